The highest BCUT2D eigenvalue weighted by Gasteiger charge is 2.35. The van der Waals surface area contributed by atoms with Crippen LogP contribution in [0.2, 0.25) is 0 Å². The molecule has 3 nitrogen and oxygen atoms in total. The zero-order valence-corrected chi connectivity index (χ0v) is 6.52. The van der Waals surface area contributed by atoms with E-state index in [1.165, 1.54) is 0 Å². The van der Waals surface area contributed by atoms with Gasteiger partial charge in [0.1, 0.15) is 0 Å². The van der Waals surface area contributed by atoms with E-state index in [2.05, 4.69) is 10.4 Å². The molecule has 13 heavy (non-hydrogen) atoms. The predicted octanol–water partition coefficient (Wildman–Crippen LogP) is 1.01. The van der Waals surface area contributed by atoms with E-state index < -0.39 is 18.4 Å². The highest BCUT2D eigenvalue weighted by molar-refractivity contribution is 5.14. The second-order valence-corrected chi connectivity index (χ2v) is 2.69. The van der Waals surface area contributed by atoms with Crippen LogP contribution in [0.3, 0.4) is 0 Å². The van der Waals surface area contributed by atoms with Crippen LogP contribution < -0.4 is 5.32 Å². The summed E-state index contributed by atoms with van der Waals surface area (Å²) in [6, 6.07) is 0.742. The molecule has 2 heterocycles. The van der Waals surface area contributed by atoms with Gasteiger partial charge in [0.2, 0.25) is 0 Å². The van der Waals surface area contributed by atoms with E-state index in [0.29, 0.717) is 0 Å². The molecule has 72 valence electrons. The maximum atomic E-state index is 12.3. The highest BCUT2D eigenvalue weighted by atomic mass is 19.4. The first kappa shape index (κ1) is 6.42. The number of fused-ring (bicyclic) bond motifs is 1. The molecular formula is C7H8F3N3. The lowest BCUT2D eigenvalue weighted by Crippen LogP contribution is -2.28. The Morgan fingerprint density at radius 1 is 1.62 bits per heavy atom. The Bertz CT molecular complexity index is 385. The lowest BCUT2D eigenvalue weighted by Gasteiger charge is -2.13. The predicted molar refractivity (Wildman–Crippen MR) is 38.9 cm³/mol. The summed E-state index contributed by atoms with van der Waals surface area (Å²) >= 11 is 0. The van der Waals surface area contributed by atoms with Gasteiger partial charge in [0.25, 0.3) is 0 Å². The summed E-state index contributed by atoms with van der Waals surface area (Å²) in [6.07, 6.45) is -4.53. The van der Waals surface area contributed by atoms with Gasteiger partial charge in [-0.25, -0.2) is 0 Å². The first-order valence-electron chi connectivity index (χ1n) is 4.71. The number of aromatic nitrogens is 2. The normalized spacial score (nSPS) is 23.3. The molecule has 1 aliphatic rings. The van der Waals surface area contributed by atoms with E-state index in [0.717, 1.165) is 10.7 Å². The molecule has 0 bridgehead atoms. The number of hydrogen-bond acceptors (Lipinski definition) is 2. The van der Waals surface area contributed by atoms with Crippen LogP contribution in [0.5, 0.6) is 0 Å². The Morgan fingerprint density at radius 3 is 3.00 bits per heavy atom. The van der Waals surface area contributed by atoms with E-state index in [1.807, 2.05) is 0 Å². The van der Waals surface area contributed by atoms with Crippen molar-refractivity contribution in [2.24, 2.45) is 0 Å². The largest absolute Gasteiger partial charge is 0.435 e. The van der Waals surface area contributed by atoms with Crippen LogP contribution in [0, 0.1) is 0 Å². The summed E-state index contributed by atoms with van der Waals surface area (Å²) in [5.74, 6) is 0. The van der Waals surface area contributed by atoms with Gasteiger partial charge >= 0.3 is 6.18 Å². The molecule has 1 aliphatic heterocycles. The van der Waals surface area contributed by atoms with Crippen molar-refractivity contribution in [1.29, 1.82) is 0 Å². The SMILES string of the molecule is [2H]C1([2H])NCCn2nc(C(F)(F)F)cc21. The second-order valence-electron chi connectivity index (χ2n) is 2.69. The lowest BCUT2D eigenvalue weighted by atomic mass is 10.3. The van der Waals surface area contributed by atoms with Gasteiger partial charge in [-0.2, -0.15) is 18.3 Å². The summed E-state index contributed by atoms with van der Waals surface area (Å²) in [5.41, 5.74) is -1.13. The molecule has 0 aliphatic carbocycles. The van der Waals surface area contributed by atoms with Gasteiger partial charge in [-0.3, -0.25) is 4.68 Å². The third-order valence-electron chi connectivity index (χ3n) is 1.74. The average molecular weight is 193 g/mol. The topological polar surface area (TPSA) is 29.9 Å². The molecular weight excluding hydrogens is 183 g/mol. The fraction of sp³-hybridized carbons (Fsp3) is 0.571. The van der Waals surface area contributed by atoms with Crippen molar-refractivity contribution in [1.82, 2.24) is 15.1 Å². The van der Waals surface area contributed by atoms with Crippen molar-refractivity contribution < 1.29 is 15.9 Å². The number of hydrogen-bond donors (Lipinski definition) is 1. The monoisotopic (exact) mass is 193 g/mol. The molecule has 1 aromatic heterocycles. The van der Waals surface area contributed by atoms with Gasteiger partial charge in [-0.15, -0.1) is 0 Å². The summed E-state index contributed by atoms with van der Waals surface area (Å²) in [5, 5.41) is 5.81. The van der Waals surface area contributed by atoms with Gasteiger partial charge in [-0.05, 0) is 6.07 Å². The van der Waals surface area contributed by atoms with Crippen LogP contribution in [0.15, 0.2) is 6.07 Å². The lowest BCUT2D eigenvalue weighted by molar-refractivity contribution is -0.141. The minimum Gasteiger partial charge on any atom is -0.309 e. The highest BCUT2D eigenvalue weighted by Crippen LogP contribution is 2.28. The van der Waals surface area contributed by atoms with Crippen LogP contribution in [-0.2, 0) is 19.2 Å². The van der Waals surface area contributed by atoms with Crippen molar-refractivity contribution in [3.05, 3.63) is 17.5 Å². The summed E-state index contributed by atoms with van der Waals surface area (Å²) in [4.78, 5) is 0. The van der Waals surface area contributed by atoms with E-state index in [1.54, 1.807) is 0 Å². The zero-order chi connectivity index (χ0) is 11.3. The second kappa shape index (κ2) is 2.73. The molecule has 0 amide bonds. The molecule has 0 fully saturated rings. The zero-order valence-electron chi connectivity index (χ0n) is 8.52. The van der Waals surface area contributed by atoms with Crippen LogP contribution in [0.4, 0.5) is 13.2 Å². The first-order valence-corrected chi connectivity index (χ1v) is 3.71. The Labute approximate surface area is 75.3 Å². The number of halogens is 3. The molecule has 0 spiro atoms. The molecule has 0 radical (unpaired) electrons. The Morgan fingerprint density at radius 2 is 2.38 bits per heavy atom. The minimum absolute atomic E-state index is 0.0823. The quantitative estimate of drug-likeness (QED) is 0.666. The van der Waals surface area contributed by atoms with Crippen LogP contribution in [-0.4, -0.2) is 16.3 Å². The molecule has 0 atom stereocenters. The number of nitrogens with zero attached hydrogens (tertiary/aromatic N) is 2. The number of alkyl halides is 3. The number of rotatable bonds is 0. The van der Waals surface area contributed by atoms with Crippen molar-refractivity contribution in [2.75, 3.05) is 6.54 Å². The molecule has 6 heteroatoms. The molecule has 1 aromatic rings. The molecule has 0 unspecified atom stereocenters. The smallest absolute Gasteiger partial charge is 0.309 e. The van der Waals surface area contributed by atoms with Crippen molar-refractivity contribution >= 4 is 0 Å². The first-order chi connectivity index (χ1) is 6.81. The van der Waals surface area contributed by atoms with Gasteiger partial charge in [-0.1, -0.05) is 0 Å². The maximum Gasteiger partial charge on any atom is 0.435 e. The van der Waals surface area contributed by atoms with E-state index in [9.17, 15) is 13.2 Å². The van der Waals surface area contributed by atoms with Crippen LogP contribution in [0.25, 0.3) is 0 Å². The third kappa shape index (κ3) is 1.53. The van der Waals surface area contributed by atoms with Crippen LogP contribution >= 0.6 is 0 Å². The fourth-order valence-corrected chi connectivity index (χ4v) is 1.14. The van der Waals surface area contributed by atoms with E-state index in [4.69, 9.17) is 2.74 Å². The minimum atomic E-state index is -4.53. The fourth-order valence-electron chi connectivity index (χ4n) is 1.14. The summed E-state index contributed by atoms with van der Waals surface area (Å²) in [7, 11) is 0. The van der Waals surface area contributed by atoms with E-state index in [-0.39, 0.29) is 18.8 Å². The molecule has 0 saturated carbocycles. The van der Waals surface area contributed by atoms with Gasteiger partial charge in [0.15, 0.2) is 5.69 Å². The number of nitrogens with one attached hydrogen (secondary N) is 1. The maximum absolute atomic E-state index is 12.3. The Balaban J connectivity index is 2.47. The van der Waals surface area contributed by atoms with Crippen LogP contribution in [0.1, 0.15) is 14.1 Å². The van der Waals surface area contributed by atoms with Crippen molar-refractivity contribution in [3.63, 3.8) is 0 Å². The molecule has 0 aromatic carbocycles. The standard InChI is InChI=1S/C7H8F3N3/c8-7(9,10)6-3-5-4-11-1-2-13(5)12-6/h3,11H,1-2,4H2/i4D2. The molecule has 2 rings (SSSR count). The third-order valence-corrected chi connectivity index (χ3v) is 1.74. The molecule has 0 saturated heterocycles. The van der Waals surface area contributed by atoms with Gasteiger partial charge < -0.3 is 5.32 Å². The van der Waals surface area contributed by atoms with Crippen molar-refractivity contribution in [3.8, 4) is 0 Å². The average Bonchev–Trinajstić information content (AvgIpc) is 2.47. The van der Waals surface area contributed by atoms with Crippen molar-refractivity contribution in [2.45, 2.75) is 19.2 Å². The van der Waals surface area contributed by atoms with Gasteiger partial charge in [0, 0.05) is 15.8 Å². The summed E-state index contributed by atoms with van der Waals surface area (Å²) in [6.45, 7) is -1.45. The Hall–Kier alpha value is -1.04. The van der Waals surface area contributed by atoms with E-state index >= 15 is 0 Å². The Kier molecular flexibility index (Phi) is 1.35. The molecule has 1 N–H and O–H groups in total. The van der Waals surface area contributed by atoms with Gasteiger partial charge in [0.05, 0.1) is 12.2 Å². The summed E-state index contributed by atoms with van der Waals surface area (Å²) < 4.78 is 52.9.